The Morgan fingerprint density at radius 2 is 1.25 bits per heavy atom. The molecule has 0 spiro atoms. The summed E-state index contributed by atoms with van der Waals surface area (Å²) < 4.78 is 5.41. The second-order valence-electron chi connectivity index (χ2n) is 8.97. The molecule has 0 aliphatic heterocycles. The van der Waals surface area contributed by atoms with Gasteiger partial charge < -0.3 is 10.1 Å². The first-order chi connectivity index (χ1) is 19.5. The van der Waals surface area contributed by atoms with E-state index in [0.29, 0.717) is 11.3 Å². The fourth-order valence-corrected chi connectivity index (χ4v) is 4.13. The quantitative estimate of drug-likeness (QED) is 0.269. The molecule has 3 amide bonds. The van der Waals surface area contributed by atoms with Gasteiger partial charge in [0.15, 0.2) is 6.61 Å². The molecule has 200 valence electrons. The van der Waals surface area contributed by atoms with E-state index in [4.69, 9.17) is 10.00 Å². The zero-order chi connectivity index (χ0) is 28.2. The van der Waals surface area contributed by atoms with Crippen LogP contribution in [0.4, 0.5) is 0 Å². The molecular formula is C32H28N4O4. The van der Waals surface area contributed by atoms with Gasteiger partial charge in [0.25, 0.3) is 11.8 Å². The molecule has 0 aliphatic carbocycles. The molecule has 0 aliphatic rings. The predicted molar refractivity (Wildman–Crippen MR) is 150 cm³/mol. The Labute approximate surface area is 232 Å². The Morgan fingerprint density at radius 1 is 0.700 bits per heavy atom. The molecule has 8 heteroatoms. The first-order valence-corrected chi connectivity index (χ1v) is 12.7. The number of nitriles is 1. The summed E-state index contributed by atoms with van der Waals surface area (Å²) in [6.45, 7) is -0.355. The van der Waals surface area contributed by atoms with Crippen molar-refractivity contribution in [1.82, 2.24) is 16.2 Å². The fourth-order valence-electron chi connectivity index (χ4n) is 4.13. The van der Waals surface area contributed by atoms with Gasteiger partial charge in [-0.3, -0.25) is 25.2 Å². The van der Waals surface area contributed by atoms with E-state index in [1.807, 2.05) is 97.1 Å². The van der Waals surface area contributed by atoms with Gasteiger partial charge in [-0.2, -0.15) is 5.26 Å². The van der Waals surface area contributed by atoms with E-state index < -0.39 is 23.8 Å². The van der Waals surface area contributed by atoms with Gasteiger partial charge in [-0.25, -0.2) is 0 Å². The number of nitrogens with one attached hydrogen (secondary N) is 3. The lowest BCUT2D eigenvalue weighted by molar-refractivity contribution is -0.133. The minimum absolute atomic E-state index is 0.215. The van der Waals surface area contributed by atoms with Gasteiger partial charge in [-0.05, 0) is 41.0 Å². The summed E-state index contributed by atoms with van der Waals surface area (Å²) in [5, 5.41) is 11.8. The minimum Gasteiger partial charge on any atom is -0.484 e. The summed E-state index contributed by atoms with van der Waals surface area (Å²) in [6, 6.07) is 35.3. The highest BCUT2D eigenvalue weighted by Crippen LogP contribution is 2.25. The molecule has 4 rings (SSSR count). The molecular weight excluding hydrogens is 504 g/mol. The molecule has 0 aromatic heterocycles. The van der Waals surface area contributed by atoms with Gasteiger partial charge in [0.2, 0.25) is 5.91 Å². The number of carbonyl (C=O) groups excluding carboxylic acids is 3. The molecule has 0 heterocycles. The van der Waals surface area contributed by atoms with E-state index in [1.54, 1.807) is 24.3 Å². The molecule has 3 N–H and O–H groups in total. The van der Waals surface area contributed by atoms with Crippen LogP contribution in [0, 0.1) is 11.3 Å². The molecule has 4 aromatic rings. The average molecular weight is 533 g/mol. The number of hydrogen-bond donors (Lipinski definition) is 3. The third-order valence-corrected chi connectivity index (χ3v) is 6.12. The van der Waals surface area contributed by atoms with E-state index >= 15 is 0 Å². The molecule has 1 atom stereocenters. The minimum atomic E-state index is -0.968. The van der Waals surface area contributed by atoms with Crippen molar-refractivity contribution >= 4 is 17.7 Å². The number of amides is 3. The van der Waals surface area contributed by atoms with Crippen LogP contribution in [0.3, 0.4) is 0 Å². The number of hydrogen-bond acceptors (Lipinski definition) is 5. The van der Waals surface area contributed by atoms with Crippen LogP contribution >= 0.6 is 0 Å². The summed E-state index contributed by atoms with van der Waals surface area (Å²) in [5.74, 6) is -1.74. The van der Waals surface area contributed by atoms with Crippen LogP contribution in [0.15, 0.2) is 115 Å². The maximum Gasteiger partial charge on any atom is 0.276 e. The van der Waals surface area contributed by atoms with Crippen molar-refractivity contribution < 1.29 is 19.1 Å². The van der Waals surface area contributed by atoms with Gasteiger partial charge >= 0.3 is 0 Å². The van der Waals surface area contributed by atoms with Crippen molar-refractivity contribution in [3.8, 4) is 11.8 Å². The maximum atomic E-state index is 13.7. The van der Waals surface area contributed by atoms with Crippen molar-refractivity contribution in [2.45, 2.75) is 18.4 Å². The van der Waals surface area contributed by atoms with Crippen LogP contribution in [0.5, 0.6) is 5.75 Å². The number of nitrogens with zero attached hydrogens (tertiary/aromatic N) is 1. The standard InChI is InChI=1S/C32H28N4O4/c33-21-24-16-18-27(19-17-24)40-22-29(37)35-36-31(38)28(20-23-10-4-1-5-11-23)34-32(39)30(25-12-6-2-7-13-25)26-14-8-3-9-15-26/h1-19,28,30H,20,22H2,(H,34,39)(H,35,37)(H,36,38)/t28-/m0/s1. The zero-order valence-corrected chi connectivity index (χ0v) is 21.6. The molecule has 0 saturated heterocycles. The van der Waals surface area contributed by atoms with Crippen molar-refractivity contribution in [2.24, 2.45) is 0 Å². The monoisotopic (exact) mass is 532 g/mol. The Kier molecular flexibility index (Phi) is 9.62. The molecule has 40 heavy (non-hydrogen) atoms. The predicted octanol–water partition coefficient (Wildman–Crippen LogP) is 3.64. The SMILES string of the molecule is N#Cc1ccc(OCC(=O)NNC(=O)[C@H](Cc2ccccc2)NC(=O)C(c2ccccc2)c2ccccc2)cc1. The highest BCUT2D eigenvalue weighted by atomic mass is 16.5. The van der Waals surface area contributed by atoms with E-state index in [-0.39, 0.29) is 18.9 Å². The lowest BCUT2D eigenvalue weighted by Crippen LogP contribution is -2.54. The van der Waals surface area contributed by atoms with E-state index in [1.165, 1.54) is 0 Å². The van der Waals surface area contributed by atoms with Crippen LogP contribution in [0.2, 0.25) is 0 Å². The molecule has 8 nitrogen and oxygen atoms in total. The number of ether oxygens (including phenoxy) is 1. The van der Waals surface area contributed by atoms with Crippen molar-refractivity contribution in [2.75, 3.05) is 6.61 Å². The second kappa shape index (κ2) is 13.9. The van der Waals surface area contributed by atoms with Gasteiger partial charge in [0, 0.05) is 6.42 Å². The summed E-state index contributed by atoms with van der Waals surface area (Å²) in [4.78, 5) is 39.2. The first-order valence-electron chi connectivity index (χ1n) is 12.7. The Morgan fingerprint density at radius 3 is 1.80 bits per heavy atom. The third-order valence-electron chi connectivity index (χ3n) is 6.12. The van der Waals surface area contributed by atoms with E-state index in [9.17, 15) is 14.4 Å². The Balaban J connectivity index is 1.44. The molecule has 0 bridgehead atoms. The molecule has 4 aromatic carbocycles. The maximum absolute atomic E-state index is 13.7. The second-order valence-corrected chi connectivity index (χ2v) is 8.97. The normalized spacial score (nSPS) is 11.1. The van der Waals surface area contributed by atoms with Crippen LogP contribution < -0.4 is 20.9 Å². The summed E-state index contributed by atoms with van der Waals surface area (Å²) in [6.07, 6.45) is 0.215. The number of hydrazine groups is 1. The van der Waals surface area contributed by atoms with E-state index in [0.717, 1.165) is 16.7 Å². The average Bonchev–Trinajstić information content (AvgIpc) is 3.00. The lowest BCUT2D eigenvalue weighted by Gasteiger charge is -2.23. The van der Waals surface area contributed by atoms with Crippen LogP contribution in [-0.4, -0.2) is 30.4 Å². The van der Waals surface area contributed by atoms with Gasteiger partial charge in [0.05, 0.1) is 17.6 Å². The van der Waals surface area contributed by atoms with Crippen molar-refractivity contribution in [1.29, 1.82) is 5.26 Å². The summed E-state index contributed by atoms with van der Waals surface area (Å²) in [7, 11) is 0. The highest BCUT2D eigenvalue weighted by molar-refractivity contribution is 5.93. The van der Waals surface area contributed by atoms with Gasteiger partial charge in [-0.1, -0.05) is 91.0 Å². The largest absolute Gasteiger partial charge is 0.484 e. The summed E-state index contributed by atoms with van der Waals surface area (Å²) in [5.41, 5.74) is 7.64. The Hall–Kier alpha value is -5.42. The zero-order valence-electron chi connectivity index (χ0n) is 21.6. The van der Waals surface area contributed by atoms with Gasteiger partial charge in [-0.15, -0.1) is 0 Å². The third kappa shape index (κ3) is 7.79. The summed E-state index contributed by atoms with van der Waals surface area (Å²) >= 11 is 0. The van der Waals surface area contributed by atoms with E-state index in [2.05, 4.69) is 16.2 Å². The number of carbonyl (C=O) groups is 3. The first kappa shape index (κ1) is 27.6. The van der Waals surface area contributed by atoms with Crippen LogP contribution in [-0.2, 0) is 20.8 Å². The highest BCUT2D eigenvalue weighted by Gasteiger charge is 2.28. The number of rotatable bonds is 10. The molecule has 0 saturated carbocycles. The molecule has 0 fully saturated rings. The van der Waals surface area contributed by atoms with Crippen molar-refractivity contribution in [3.05, 3.63) is 138 Å². The van der Waals surface area contributed by atoms with Gasteiger partial charge in [0.1, 0.15) is 11.8 Å². The molecule has 0 unspecified atom stereocenters. The van der Waals surface area contributed by atoms with Crippen molar-refractivity contribution in [3.63, 3.8) is 0 Å². The van der Waals surface area contributed by atoms with Crippen LogP contribution in [0.1, 0.15) is 28.2 Å². The van der Waals surface area contributed by atoms with Crippen LogP contribution in [0.25, 0.3) is 0 Å². The Bertz CT molecular complexity index is 1410. The topological polar surface area (TPSA) is 120 Å². The lowest BCUT2D eigenvalue weighted by atomic mass is 9.90. The fraction of sp³-hybridized carbons (Fsp3) is 0.125. The number of benzene rings is 4. The molecule has 0 radical (unpaired) electrons. The smallest absolute Gasteiger partial charge is 0.276 e.